The van der Waals surface area contributed by atoms with Crippen LogP contribution >= 0.6 is 0 Å². The molecule has 2 aliphatic heterocycles. The molecule has 8 rings (SSSR count). The number of aryl methyl sites for hydroxylation is 2. The van der Waals surface area contributed by atoms with Crippen LogP contribution in [0.25, 0.3) is 44.6 Å². The van der Waals surface area contributed by atoms with Crippen molar-refractivity contribution in [3.05, 3.63) is 82.4 Å². The monoisotopic (exact) mass is 860 g/mol. The van der Waals surface area contributed by atoms with E-state index in [-0.39, 0.29) is 17.0 Å². The minimum Gasteiger partial charge on any atom is -0.481 e. The van der Waals surface area contributed by atoms with Crippen LogP contribution in [-0.2, 0) is 21.9 Å². The standard InChI is InChI=1S/C21H25N5O.C20H23N5O.C3H9O.BF4/c1-12-19(26-21(2,3)4)25-18-13(7-6-8-16(18)23-12)17-11-14-15(24-17)9-10-22-20(14)27-5;1-11-18(25-20(2,3)4)24-17-12(6-5-7-15(17)22-11)16-10-13-14(23-16)8-9-21-19(13)26;1-4(2)3;2-1(3,4)5/h6-8,11,24H,9-10H2,1-5H3,(H,25,26);5-7,10,23H,8-9H2,1-4H3,(H,21,26)(H,24,25);1-3H3;/q;;+1;-1. The van der Waals surface area contributed by atoms with E-state index in [0.717, 1.165) is 110 Å². The van der Waals surface area contributed by atoms with E-state index in [4.69, 9.17) is 24.7 Å². The second-order valence-electron chi connectivity index (χ2n) is 17.4. The van der Waals surface area contributed by atoms with Gasteiger partial charge in [0.05, 0.1) is 40.7 Å². The summed E-state index contributed by atoms with van der Waals surface area (Å²) in [6.07, 6.45) is 1.70. The molecule has 0 saturated carbocycles. The second-order valence-corrected chi connectivity index (χ2v) is 17.4. The highest BCUT2D eigenvalue weighted by molar-refractivity contribution is 6.50. The number of aliphatic imine (C=N–C) groups is 1. The van der Waals surface area contributed by atoms with Crippen LogP contribution in [0.3, 0.4) is 0 Å². The summed E-state index contributed by atoms with van der Waals surface area (Å²) in [5.74, 6) is 2.27. The number of aromatic nitrogens is 6. The molecule has 5 N–H and O–H groups in total. The number of ether oxygens (including phenoxy) is 1. The summed E-state index contributed by atoms with van der Waals surface area (Å²) >= 11 is 0. The second kappa shape index (κ2) is 18.9. The zero-order valence-electron chi connectivity index (χ0n) is 37.5. The van der Waals surface area contributed by atoms with Crippen molar-refractivity contribution in [1.82, 2.24) is 35.2 Å². The molecule has 0 unspecified atom stereocenters. The Morgan fingerprint density at radius 1 is 0.694 bits per heavy atom. The first kappa shape index (κ1) is 47.0. The quantitative estimate of drug-likeness (QED) is 0.0667. The Hall–Kier alpha value is -6.04. The molecule has 1 amide bonds. The molecule has 18 heteroatoms. The molecular formula is C44H57BF4N10O3. The fourth-order valence-corrected chi connectivity index (χ4v) is 6.71. The van der Waals surface area contributed by atoms with Gasteiger partial charge in [0, 0.05) is 70.9 Å². The lowest BCUT2D eigenvalue weighted by molar-refractivity contribution is -0.00282. The van der Waals surface area contributed by atoms with E-state index >= 15 is 0 Å². The van der Waals surface area contributed by atoms with Crippen LogP contribution in [0.1, 0.15) is 80.2 Å². The van der Waals surface area contributed by atoms with Crippen LogP contribution in [0.2, 0.25) is 0 Å². The highest BCUT2D eigenvalue weighted by Gasteiger charge is 2.24. The maximum absolute atomic E-state index is 12.1. The predicted molar refractivity (Wildman–Crippen MR) is 242 cm³/mol. The average molecular weight is 861 g/mol. The highest BCUT2D eigenvalue weighted by atomic mass is 19.5. The van der Waals surface area contributed by atoms with E-state index in [1.54, 1.807) is 7.11 Å². The van der Waals surface area contributed by atoms with Gasteiger partial charge in [-0.15, -0.1) is 0 Å². The number of methoxy groups -OCH3 is 1. The number of anilines is 2. The SMILES string of the molecule is COC1=NCCc2[nH]c(-c3cccc4nc(C)c(NC(C)(C)C)nc34)cc21.C[O+](C)C.Cc1nc2cccc(-c3cc4c([nH]3)CCNC4=O)c2nc1NC(C)(C)C.F[B-](F)(F)F. The largest absolute Gasteiger partial charge is 0.673 e. The number of benzene rings is 2. The van der Waals surface area contributed by atoms with Crippen molar-refractivity contribution in [3.8, 4) is 22.5 Å². The lowest BCUT2D eigenvalue weighted by Crippen LogP contribution is -2.31. The normalized spacial score (nSPS) is 13.6. The van der Waals surface area contributed by atoms with Gasteiger partial charge in [0.15, 0.2) is 0 Å². The number of carbonyl (C=O) groups excluding carboxylic acids is 1. The summed E-state index contributed by atoms with van der Waals surface area (Å²) in [5.41, 5.74) is 12.8. The third-order valence-electron chi connectivity index (χ3n) is 9.05. The molecule has 62 heavy (non-hydrogen) atoms. The minimum atomic E-state index is -6.00. The Labute approximate surface area is 359 Å². The van der Waals surface area contributed by atoms with Gasteiger partial charge in [-0.25, -0.2) is 19.9 Å². The zero-order valence-corrected chi connectivity index (χ0v) is 37.5. The molecule has 6 heterocycles. The summed E-state index contributed by atoms with van der Waals surface area (Å²) in [7, 11) is 1.41. The van der Waals surface area contributed by atoms with Crippen molar-refractivity contribution >= 4 is 52.8 Å². The van der Waals surface area contributed by atoms with Gasteiger partial charge in [-0.05, 0) is 79.7 Å². The van der Waals surface area contributed by atoms with Crippen molar-refractivity contribution in [2.75, 3.05) is 52.2 Å². The van der Waals surface area contributed by atoms with E-state index in [1.165, 1.54) is 0 Å². The van der Waals surface area contributed by atoms with Crippen molar-refractivity contribution in [3.63, 3.8) is 0 Å². The first-order valence-electron chi connectivity index (χ1n) is 20.2. The molecule has 0 radical (unpaired) electrons. The number of nitrogens with zero attached hydrogens (tertiary/aromatic N) is 5. The molecule has 0 saturated heterocycles. The van der Waals surface area contributed by atoms with E-state index in [2.05, 4.69) is 89.0 Å². The van der Waals surface area contributed by atoms with Gasteiger partial charge < -0.3 is 52.3 Å². The van der Waals surface area contributed by atoms with Crippen molar-refractivity contribution in [2.45, 2.75) is 79.3 Å². The van der Waals surface area contributed by atoms with Gasteiger partial charge in [0.2, 0.25) is 5.90 Å². The van der Waals surface area contributed by atoms with E-state index < -0.39 is 7.25 Å². The van der Waals surface area contributed by atoms with E-state index in [1.807, 2.05) is 71.6 Å². The Morgan fingerprint density at radius 2 is 1.13 bits per heavy atom. The van der Waals surface area contributed by atoms with Crippen LogP contribution in [0.15, 0.2) is 53.5 Å². The number of amides is 1. The molecule has 0 fully saturated rings. The molecule has 0 spiro atoms. The maximum Gasteiger partial charge on any atom is 0.673 e. The number of halogens is 4. The molecule has 13 nitrogen and oxygen atoms in total. The van der Waals surface area contributed by atoms with E-state index in [9.17, 15) is 22.1 Å². The fourth-order valence-electron chi connectivity index (χ4n) is 6.71. The number of H-pyrrole nitrogens is 2. The summed E-state index contributed by atoms with van der Waals surface area (Å²) in [6.45, 7) is 18.0. The molecule has 332 valence electrons. The van der Waals surface area contributed by atoms with Crippen LogP contribution in [0, 0.1) is 13.8 Å². The number of aromatic amines is 2. The lowest BCUT2D eigenvalue weighted by atomic mass is 10.1. The molecule has 0 aliphatic carbocycles. The molecule has 0 atom stereocenters. The predicted octanol–water partition coefficient (Wildman–Crippen LogP) is 9.25. The summed E-state index contributed by atoms with van der Waals surface area (Å²) < 4.78 is 47.0. The van der Waals surface area contributed by atoms with Gasteiger partial charge >= 0.3 is 7.25 Å². The van der Waals surface area contributed by atoms with Gasteiger partial charge in [-0.2, -0.15) is 0 Å². The zero-order chi connectivity index (χ0) is 45.7. The average Bonchev–Trinajstić information content (AvgIpc) is 3.79. The summed E-state index contributed by atoms with van der Waals surface area (Å²) in [5, 5.41) is 9.78. The van der Waals surface area contributed by atoms with Crippen LogP contribution in [0.4, 0.5) is 28.9 Å². The van der Waals surface area contributed by atoms with Gasteiger partial charge in [-0.3, -0.25) is 9.79 Å². The van der Waals surface area contributed by atoms with Crippen LogP contribution in [0.5, 0.6) is 0 Å². The Morgan fingerprint density at radius 3 is 1.55 bits per heavy atom. The number of carbonyl (C=O) groups is 1. The molecular weight excluding hydrogens is 803 g/mol. The highest BCUT2D eigenvalue weighted by Crippen LogP contribution is 2.33. The third-order valence-corrected chi connectivity index (χ3v) is 9.05. The number of rotatable bonds is 4. The summed E-state index contributed by atoms with van der Waals surface area (Å²) in [6, 6.07) is 16.1. The third kappa shape index (κ3) is 12.5. The summed E-state index contributed by atoms with van der Waals surface area (Å²) in [4.78, 5) is 42.8. The Kier molecular flexibility index (Phi) is 14.4. The number of nitrogens with one attached hydrogen (secondary N) is 5. The van der Waals surface area contributed by atoms with Gasteiger partial charge in [-0.1, -0.05) is 24.3 Å². The number of hydrogen-bond acceptors (Lipinski definition) is 9. The number of hydrogen-bond donors (Lipinski definition) is 5. The van der Waals surface area contributed by atoms with Crippen molar-refractivity contribution in [1.29, 1.82) is 0 Å². The number of para-hydroxylation sites is 2. The lowest BCUT2D eigenvalue weighted by Gasteiger charge is -2.22. The van der Waals surface area contributed by atoms with Crippen molar-refractivity contribution in [2.24, 2.45) is 4.99 Å². The molecule has 2 aliphatic rings. The first-order chi connectivity index (χ1) is 28.9. The van der Waals surface area contributed by atoms with Crippen molar-refractivity contribution < 1.29 is 31.2 Å². The van der Waals surface area contributed by atoms with E-state index in [0.29, 0.717) is 12.4 Å². The first-order valence-corrected chi connectivity index (χ1v) is 20.2. The fraction of sp³-hybridized carbons (Fsp3) is 0.409. The Balaban J connectivity index is 0.000000196. The van der Waals surface area contributed by atoms with Gasteiger partial charge in [0.25, 0.3) is 5.91 Å². The maximum atomic E-state index is 12.1. The number of fused-ring (bicyclic) bond motifs is 4. The van der Waals surface area contributed by atoms with Gasteiger partial charge in [0.1, 0.15) is 44.0 Å². The van der Waals surface area contributed by atoms with Crippen LogP contribution in [-0.4, -0.2) is 102 Å². The molecule has 6 aromatic rings. The minimum absolute atomic E-state index is 0.0222. The van der Waals surface area contributed by atoms with Crippen LogP contribution < -0.4 is 16.0 Å². The Bertz CT molecular complexity index is 2560. The topological polar surface area (TPSA) is 161 Å². The smallest absolute Gasteiger partial charge is 0.481 e. The molecule has 2 aromatic carbocycles. The molecule has 0 bridgehead atoms. The molecule has 4 aromatic heterocycles.